The molecule has 3 aromatic carbocycles. The van der Waals surface area contributed by atoms with Crippen LogP contribution >= 0.6 is 0 Å². The van der Waals surface area contributed by atoms with Crippen LogP contribution in [0.25, 0.3) is 0 Å². The zero-order chi connectivity index (χ0) is 19.9. The largest absolute Gasteiger partial charge is 0.274 e. The summed E-state index contributed by atoms with van der Waals surface area (Å²) in [5.74, 6) is -0.858. The molecule has 0 radical (unpaired) electrons. The number of carbonyl (C=O) groups is 2. The van der Waals surface area contributed by atoms with Crippen molar-refractivity contribution in [2.24, 2.45) is 11.8 Å². The third-order valence-corrected chi connectivity index (χ3v) is 6.99. The van der Waals surface area contributed by atoms with Crippen molar-refractivity contribution in [3.05, 3.63) is 100 Å². The maximum atomic E-state index is 13.6. The predicted octanol–water partition coefficient (Wildman–Crippen LogP) is 4.70. The molecule has 1 saturated heterocycles. The molecule has 3 heteroatoms. The number of aryl methyl sites for hydroxylation is 2. The van der Waals surface area contributed by atoms with Gasteiger partial charge in [-0.2, -0.15) is 0 Å². The van der Waals surface area contributed by atoms with E-state index in [9.17, 15) is 9.59 Å². The third-order valence-electron chi connectivity index (χ3n) is 6.99. The van der Waals surface area contributed by atoms with Gasteiger partial charge in [0.25, 0.3) is 0 Å². The molecule has 29 heavy (non-hydrogen) atoms. The monoisotopic (exact) mass is 379 g/mol. The Bertz CT molecular complexity index is 1190. The lowest BCUT2D eigenvalue weighted by atomic mass is 9.55. The van der Waals surface area contributed by atoms with Gasteiger partial charge in [0.15, 0.2) is 0 Å². The molecule has 142 valence electrons. The van der Waals surface area contributed by atoms with Gasteiger partial charge in [-0.15, -0.1) is 0 Å². The van der Waals surface area contributed by atoms with Crippen molar-refractivity contribution in [1.82, 2.24) is 0 Å². The van der Waals surface area contributed by atoms with Crippen LogP contribution in [-0.4, -0.2) is 11.8 Å². The molecule has 0 N–H and O–H groups in total. The van der Waals surface area contributed by atoms with Crippen molar-refractivity contribution in [3.8, 4) is 0 Å². The summed E-state index contributed by atoms with van der Waals surface area (Å²) in [6.07, 6.45) is 0. The Labute approximate surface area is 170 Å². The van der Waals surface area contributed by atoms with Crippen molar-refractivity contribution in [2.75, 3.05) is 4.90 Å². The van der Waals surface area contributed by atoms with E-state index in [2.05, 4.69) is 37.3 Å². The molecular weight excluding hydrogens is 358 g/mol. The number of imide groups is 1. The van der Waals surface area contributed by atoms with E-state index in [0.29, 0.717) is 5.69 Å². The van der Waals surface area contributed by atoms with Crippen LogP contribution in [0.2, 0.25) is 0 Å². The second kappa shape index (κ2) is 5.66. The van der Waals surface area contributed by atoms with Crippen molar-refractivity contribution in [3.63, 3.8) is 0 Å². The van der Waals surface area contributed by atoms with E-state index >= 15 is 0 Å². The normalized spacial score (nSPS) is 26.3. The van der Waals surface area contributed by atoms with Gasteiger partial charge in [0.1, 0.15) is 0 Å². The van der Waals surface area contributed by atoms with Gasteiger partial charge in [-0.25, -0.2) is 4.90 Å². The number of carbonyl (C=O) groups excluding carboxylic acids is 2. The molecule has 0 saturated carbocycles. The number of amides is 2. The number of anilines is 1. The zero-order valence-electron chi connectivity index (χ0n) is 16.4. The van der Waals surface area contributed by atoms with Crippen LogP contribution in [-0.2, 0) is 9.59 Å². The van der Waals surface area contributed by atoms with E-state index in [0.717, 1.165) is 5.56 Å². The Morgan fingerprint density at radius 1 is 0.621 bits per heavy atom. The molecule has 4 atom stereocenters. The fraction of sp³-hybridized carbons (Fsp3) is 0.231. The maximum Gasteiger partial charge on any atom is 0.238 e. The summed E-state index contributed by atoms with van der Waals surface area (Å²) in [6, 6.07) is 22.5. The van der Waals surface area contributed by atoms with Gasteiger partial charge in [-0.1, -0.05) is 65.7 Å². The molecule has 1 heterocycles. The summed E-state index contributed by atoms with van der Waals surface area (Å²) in [5, 5.41) is 0. The minimum absolute atomic E-state index is 0.0521. The van der Waals surface area contributed by atoms with Crippen LogP contribution in [0.15, 0.2) is 66.7 Å². The molecule has 3 aliphatic carbocycles. The SMILES string of the molecule is Cc1ccc(N2C(=O)C3C4c5ccccc5C(c5cc(C)ccc54)C3C2=O)cc1. The fourth-order valence-electron chi connectivity index (χ4n) is 5.80. The molecule has 0 aromatic heterocycles. The first-order chi connectivity index (χ1) is 14.1. The number of hydrogen-bond donors (Lipinski definition) is 0. The first kappa shape index (κ1) is 16.7. The molecule has 2 bridgehead atoms. The van der Waals surface area contributed by atoms with Gasteiger partial charge in [-0.05, 0) is 48.2 Å². The van der Waals surface area contributed by atoms with Crippen molar-refractivity contribution < 1.29 is 9.59 Å². The summed E-state index contributed by atoms with van der Waals surface area (Å²) in [5.41, 5.74) is 7.85. The van der Waals surface area contributed by atoms with E-state index in [4.69, 9.17) is 0 Å². The highest BCUT2D eigenvalue weighted by atomic mass is 16.2. The highest BCUT2D eigenvalue weighted by Crippen LogP contribution is 2.61. The highest BCUT2D eigenvalue weighted by molar-refractivity contribution is 6.23. The van der Waals surface area contributed by atoms with Gasteiger partial charge < -0.3 is 0 Å². The molecule has 3 nitrogen and oxygen atoms in total. The highest BCUT2D eigenvalue weighted by Gasteiger charge is 2.61. The molecule has 2 amide bonds. The average molecular weight is 379 g/mol. The number of benzene rings is 3. The first-order valence-electron chi connectivity index (χ1n) is 10.2. The molecule has 4 unspecified atom stereocenters. The van der Waals surface area contributed by atoms with Gasteiger partial charge >= 0.3 is 0 Å². The number of rotatable bonds is 1. The fourth-order valence-corrected chi connectivity index (χ4v) is 5.80. The van der Waals surface area contributed by atoms with Crippen LogP contribution in [0.3, 0.4) is 0 Å². The average Bonchev–Trinajstić information content (AvgIpc) is 2.99. The zero-order valence-corrected chi connectivity index (χ0v) is 16.4. The van der Waals surface area contributed by atoms with E-state index in [1.807, 2.05) is 43.3 Å². The second-order valence-electron chi connectivity index (χ2n) is 8.62. The van der Waals surface area contributed by atoms with Crippen molar-refractivity contribution in [1.29, 1.82) is 0 Å². The Balaban J connectivity index is 1.57. The summed E-state index contributed by atoms with van der Waals surface area (Å²) >= 11 is 0. The molecule has 0 spiro atoms. The smallest absolute Gasteiger partial charge is 0.238 e. The third kappa shape index (κ3) is 2.08. The summed E-state index contributed by atoms with van der Waals surface area (Å²) in [6.45, 7) is 4.10. The Hall–Kier alpha value is -3.20. The molecule has 7 rings (SSSR count). The summed E-state index contributed by atoms with van der Waals surface area (Å²) in [4.78, 5) is 28.7. The number of hydrogen-bond acceptors (Lipinski definition) is 2. The van der Waals surface area contributed by atoms with Crippen LogP contribution in [0.5, 0.6) is 0 Å². The van der Waals surface area contributed by atoms with E-state index < -0.39 is 0 Å². The number of nitrogens with zero attached hydrogens (tertiary/aromatic N) is 1. The van der Waals surface area contributed by atoms with E-state index in [-0.39, 0.29) is 35.5 Å². The van der Waals surface area contributed by atoms with E-state index in [1.54, 1.807) is 0 Å². The lowest BCUT2D eigenvalue weighted by molar-refractivity contribution is -0.122. The summed E-state index contributed by atoms with van der Waals surface area (Å²) in [7, 11) is 0. The molecule has 1 aliphatic heterocycles. The predicted molar refractivity (Wildman–Crippen MR) is 112 cm³/mol. The first-order valence-corrected chi connectivity index (χ1v) is 10.2. The van der Waals surface area contributed by atoms with Crippen molar-refractivity contribution >= 4 is 17.5 Å². The Morgan fingerprint density at radius 3 is 1.76 bits per heavy atom. The standard InChI is InChI=1S/C26H21NO2/c1-14-7-10-16(11-8-14)27-25(28)23-21-17-5-3-4-6-18(17)22(24(23)26(27)29)20-13-15(2)9-12-19(20)21/h3-13,21-24H,1-2H3. The van der Waals surface area contributed by atoms with E-state index in [1.165, 1.54) is 32.7 Å². The lowest BCUT2D eigenvalue weighted by Gasteiger charge is -2.46. The second-order valence-corrected chi connectivity index (χ2v) is 8.62. The van der Waals surface area contributed by atoms with Crippen LogP contribution < -0.4 is 4.90 Å². The molecule has 4 aliphatic rings. The maximum absolute atomic E-state index is 13.6. The topological polar surface area (TPSA) is 37.4 Å². The Morgan fingerprint density at radius 2 is 1.14 bits per heavy atom. The molecular formula is C26H21NO2. The quantitative estimate of drug-likeness (QED) is 0.575. The van der Waals surface area contributed by atoms with Crippen LogP contribution in [0.1, 0.15) is 45.2 Å². The minimum atomic E-state index is -0.321. The van der Waals surface area contributed by atoms with Gasteiger partial charge in [0.05, 0.1) is 17.5 Å². The Kier molecular flexibility index (Phi) is 3.27. The van der Waals surface area contributed by atoms with Crippen LogP contribution in [0.4, 0.5) is 5.69 Å². The minimum Gasteiger partial charge on any atom is -0.274 e. The van der Waals surface area contributed by atoms with Crippen molar-refractivity contribution in [2.45, 2.75) is 25.7 Å². The van der Waals surface area contributed by atoms with Gasteiger partial charge in [-0.3, -0.25) is 9.59 Å². The lowest BCUT2D eigenvalue weighted by Crippen LogP contribution is -2.41. The summed E-state index contributed by atoms with van der Waals surface area (Å²) < 4.78 is 0. The molecule has 1 fully saturated rings. The van der Waals surface area contributed by atoms with Gasteiger partial charge in [0, 0.05) is 11.8 Å². The molecule has 3 aromatic rings. The van der Waals surface area contributed by atoms with Gasteiger partial charge in [0.2, 0.25) is 11.8 Å². The van der Waals surface area contributed by atoms with Crippen LogP contribution in [0, 0.1) is 25.7 Å².